The Bertz CT molecular complexity index is 1100. The van der Waals surface area contributed by atoms with E-state index in [0.717, 1.165) is 22.7 Å². The fourth-order valence-electron chi connectivity index (χ4n) is 3.70. The first-order chi connectivity index (χ1) is 14.5. The number of aromatic nitrogens is 1. The summed E-state index contributed by atoms with van der Waals surface area (Å²) in [6.07, 6.45) is 1.90. The lowest BCUT2D eigenvalue weighted by atomic mass is 10.1. The van der Waals surface area contributed by atoms with Crippen LogP contribution >= 0.6 is 15.9 Å². The molecular formula is C23H23BrN2O4. The second-order valence-corrected chi connectivity index (χ2v) is 8.32. The van der Waals surface area contributed by atoms with E-state index in [-0.39, 0.29) is 24.1 Å². The molecule has 1 aliphatic rings. The van der Waals surface area contributed by atoms with Crippen molar-refractivity contribution in [3.8, 4) is 5.75 Å². The van der Waals surface area contributed by atoms with Gasteiger partial charge in [0.25, 0.3) is 11.5 Å². The summed E-state index contributed by atoms with van der Waals surface area (Å²) in [7, 11) is 1.59. The zero-order chi connectivity index (χ0) is 21.1. The molecule has 7 heteroatoms. The molecule has 1 N–H and O–H groups in total. The maximum absolute atomic E-state index is 13.2. The van der Waals surface area contributed by atoms with Gasteiger partial charge in [0.15, 0.2) is 0 Å². The Morgan fingerprint density at radius 1 is 1.23 bits per heavy atom. The van der Waals surface area contributed by atoms with Crippen molar-refractivity contribution in [2.45, 2.75) is 25.5 Å². The molecule has 1 aromatic heterocycles. The number of benzene rings is 2. The number of carbonyl (C=O) groups excluding carboxylic acids is 1. The number of rotatable bonds is 6. The van der Waals surface area contributed by atoms with Gasteiger partial charge < -0.3 is 19.4 Å². The minimum Gasteiger partial charge on any atom is -0.497 e. The SMILES string of the molecule is COc1ccc2cc(CN(C[C@H]3CCCO3)C(=O)c3ccc(Br)cc3)c(=O)[nH]c2c1. The summed E-state index contributed by atoms with van der Waals surface area (Å²) in [6.45, 7) is 1.38. The fourth-order valence-corrected chi connectivity index (χ4v) is 3.97. The number of amides is 1. The summed E-state index contributed by atoms with van der Waals surface area (Å²) in [5, 5.41) is 0.888. The summed E-state index contributed by atoms with van der Waals surface area (Å²) >= 11 is 3.40. The van der Waals surface area contributed by atoms with Gasteiger partial charge >= 0.3 is 0 Å². The Morgan fingerprint density at radius 3 is 2.73 bits per heavy atom. The number of aromatic amines is 1. The molecule has 4 rings (SSSR count). The smallest absolute Gasteiger partial charge is 0.254 e. The molecule has 1 aliphatic heterocycles. The van der Waals surface area contributed by atoms with E-state index >= 15 is 0 Å². The third-order valence-electron chi connectivity index (χ3n) is 5.32. The van der Waals surface area contributed by atoms with E-state index in [0.29, 0.717) is 35.5 Å². The maximum atomic E-state index is 13.2. The lowest BCUT2D eigenvalue weighted by molar-refractivity contribution is 0.0506. The van der Waals surface area contributed by atoms with Crippen molar-refractivity contribution in [1.82, 2.24) is 9.88 Å². The number of hydrogen-bond donors (Lipinski definition) is 1. The van der Waals surface area contributed by atoms with Gasteiger partial charge in [0.05, 0.1) is 25.3 Å². The molecule has 1 atom stereocenters. The molecule has 1 fully saturated rings. The molecule has 30 heavy (non-hydrogen) atoms. The molecular weight excluding hydrogens is 448 g/mol. The number of pyridine rings is 1. The summed E-state index contributed by atoms with van der Waals surface area (Å²) in [5.74, 6) is 0.559. The second kappa shape index (κ2) is 9.02. The number of hydrogen-bond acceptors (Lipinski definition) is 4. The molecule has 0 bridgehead atoms. The van der Waals surface area contributed by atoms with Crippen LogP contribution in [0.15, 0.2) is 57.8 Å². The Morgan fingerprint density at radius 2 is 2.03 bits per heavy atom. The van der Waals surface area contributed by atoms with Crippen LogP contribution in [0.25, 0.3) is 10.9 Å². The number of methoxy groups -OCH3 is 1. The summed E-state index contributed by atoms with van der Waals surface area (Å²) in [4.78, 5) is 30.6. The van der Waals surface area contributed by atoms with E-state index in [1.165, 1.54) is 0 Å². The average molecular weight is 471 g/mol. The molecule has 0 saturated carbocycles. The minimum atomic E-state index is -0.211. The standard InChI is InChI=1S/C23H23BrN2O4/c1-29-19-9-6-16-11-17(22(27)25-21(16)12-19)13-26(14-20-3-2-10-30-20)23(28)15-4-7-18(24)8-5-15/h4-9,11-12,20H,2-3,10,13-14H2,1H3,(H,25,27)/t20-/m1/s1. The van der Waals surface area contributed by atoms with Gasteiger partial charge in [0.1, 0.15) is 5.75 Å². The van der Waals surface area contributed by atoms with E-state index < -0.39 is 0 Å². The number of fused-ring (bicyclic) bond motifs is 1. The zero-order valence-electron chi connectivity index (χ0n) is 16.7. The van der Waals surface area contributed by atoms with Crippen molar-refractivity contribution in [3.05, 3.63) is 74.5 Å². The molecule has 1 amide bonds. The molecule has 3 aromatic rings. The van der Waals surface area contributed by atoms with E-state index in [1.54, 1.807) is 30.2 Å². The second-order valence-electron chi connectivity index (χ2n) is 7.40. The number of nitrogens with one attached hydrogen (secondary N) is 1. The first-order valence-electron chi connectivity index (χ1n) is 9.90. The average Bonchev–Trinajstić information content (AvgIpc) is 3.26. The summed E-state index contributed by atoms with van der Waals surface area (Å²) in [6, 6.07) is 14.6. The van der Waals surface area contributed by atoms with Crippen molar-refractivity contribution in [2.24, 2.45) is 0 Å². The van der Waals surface area contributed by atoms with Gasteiger partial charge in [-0.05, 0) is 60.7 Å². The fraction of sp³-hybridized carbons (Fsp3) is 0.304. The van der Waals surface area contributed by atoms with Crippen LogP contribution in [0.1, 0.15) is 28.8 Å². The molecule has 6 nitrogen and oxygen atoms in total. The Kier molecular flexibility index (Phi) is 6.20. The third kappa shape index (κ3) is 4.57. The van der Waals surface area contributed by atoms with Crippen molar-refractivity contribution in [1.29, 1.82) is 0 Å². The summed E-state index contributed by atoms with van der Waals surface area (Å²) < 4.78 is 11.9. The zero-order valence-corrected chi connectivity index (χ0v) is 18.3. The number of H-pyrrole nitrogens is 1. The van der Waals surface area contributed by atoms with Crippen LogP contribution in [-0.4, -0.2) is 42.2 Å². The molecule has 0 unspecified atom stereocenters. The first-order valence-corrected chi connectivity index (χ1v) is 10.7. The van der Waals surface area contributed by atoms with Gasteiger partial charge in [-0.2, -0.15) is 0 Å². The normalized spacial score (nSPS) is 16.0. The molecule has 0 spiro atoms. The Balaban J connectivity index is 1.65. The highest BCUT2D eigenvalue weighted by atomic mass is 79.9. The topological polar surface area (TPSA) is 71.6 Å². The quantitative estimate of drug-likeness (QED) is 0.587. The van der Waals surface area contributed by atoms with E-state index in [1.807, 2.05) is 30.3 Å². The number of nitrogens with zero attached hydrogens (tertiary/aromatic N) is 1. The first kappa shape index (κ1) is 20.6. The molecule has 0 radical (unpaired) electrons. The summed E-state index contributed by atoms with van der Waals surface area (Å²) in [5.41, 5.74) is 1.61. The highest BCUT2D eigenvalue weighted by molar-refractivity contribution is 9.10. The van der Waals surface area contributed by atoms with Gasteiger partial charge in [-0.15, -0.1) is 0 Å². The van der Waals surface area contributed by atoms with Crippen LogP contribution in [0, 0.1) is 0 Å². The number of ether oxygens (including phenoxy) is 2. The monoisotopic (exact) mass is 470 g/mol. The predicted molar refractivity (Wildman–Crippen MR) is 119 cm³/mol. The van der Waals surface area contributed by atoms with Gasteiger partial charge in [0.2, 0.25) is 0 Å². The maximum Gasteiger partial charge on any atom is 0.254 e. The van der Waals surface area contributed by atoms with Crippen LogP contribution in [0.5, 0.6) is 5.75 Å². The van der Waals surface area contributed by atoms with Crippen molar-refractivity contribution in [3.63, 3.8) is 0 Å². The number of halogens is 1. The highest BCUT2D eigenvalue weighted by Crippen LogP contribution is 2.21. The van der Waals surface area contributed by atoms with Gasteiger partial charge in [0, 0.05) is 34.8 Å². The van der Waals surface area contributed by atoms with E-state index in [4.69, 9.17) is 9.47 Å². The highest BCUT2D eigenvalue weighted by Gasteiger charge is 2.24. The molecule has 2 heterocycles. The Hall–Kier alpha value is -2.64. The van der Waals surface area contributed by atoms with Gasteiger partial charge in [-0.25, -0.2) is 0 Å². The third-order valence-corrected chi connectivity index (χ3v) is 5.85. The predicted octanol–water partition coefficient (Wildman–Crippen LogP) is 4.12. The van der Waals surface area contributed by atoms with Crippen LogP contribution in [0.4, 0.5) is 0 Å². The lowest BCUT2D eigenvalue weighted by Gasteiger charge is -2.25. The molecule has 156 valence electrons. The molecule has 1 saturated heterocycles. The van der Waals surface area contributed by atoms with E-state index in [2.05, 4.69) is 20.9 Å². The largest absolute Gasteiger partial charge is 0.497 e. The van der Waals surface area contributed by atoms with E-state index in [9.17, 15) is 9.59 Å². The van der Waals surface area contributed by atoms with Crippen LogP contribution in [-0.2, 0) is 11.3 Å². The van der Waals surface area contributed by atoms with Crippen molar-refractivity contribution in [2.75, 3.05) is 20.3 Å². The van der Waals surface area contributed by atoms with Crippen LogP contribution < -0.4 is 10.3 Å². The van der Waals surface area contributed by atoms with Crippen molar-refractivity contribution >= 4 is 32.7 Å². The van der Waals surface area contributed by atoms with Crippen LogP contribution in [0.2, 0.25) is 0 Å². The number of carbonyl (C=O) groups is 1. The molecule has 0 aliphatic carbocycles. The Labute approximate surface area is 182 Å². The minimum absolute atomic E-state index is 0.00630. The van der Waals surface area contributed by atoms with Crippen molar-refractivity contribution < 1.29 is 14.3 Å². The molecule has 2 aromatic carbocycles. The lowest BCUT2D eigenvalue weighted by Crippen LogP contribution is -2.38. The van der Waals surface area contributed by atoms with Gasteiger partial charge in [-0.1, -0.05) is 15.9 Å². The van der Waals surface area contributed by atoms with Gasteiger partial charge in [-0.3, -0.25) is 9.59 Å². The van der Waals surface area contributed by atoms with Crippen LogP contribution in [0.3, 0.4) is 0 Å².